The van der Waals surface area contributed by atoms with Crippen molar-refractivity contribution < 1.29 is 9.53 Å². The highest BCUT2D eigenvalue weighted by atomic mass is 35.5. The molecule has 2 rings (SSSR count). The number of methoxy groups -OCH3 is 1. The van der Waals surface area contributed by atoms with Crippen LogP contribution in [0.25, 0.3) is 5.57 Å². The van der Waals surface area contributed by atoms with Crippen LogP contribution in [0.15, 0.2) is 49.0 Å². The lowest BCUT2D eigenvalue weighted by Gasteiger charge is -2.15. The fourth-order valence-corrected chi connectivity index (χ4v) is 2.59. The molecule has 0 bridgehead atoms. The lowest BCUT2D eigenvalue weighted by atomic mass is 9.98. The van der Waals surface area contributed by atoms with Gasteiger partial charge >= 0.3 is 0 Å². The predicted octanol–water partition coefficient (Wildman–Crippen LogP) is 6.06. The minimum atomic E-state index is -0.0296. The first-order valence-electron chi connectivity index (χ1n) is 7.88. The molecule has 2 aromatic carbocycles. The molecule has 2 aromatic rings. The first kappa shape index (κ1) is 21.2. The largest absolute Gasteiger partial charge is 0.388 e. The molecular formula is C20H23Cl2NO2. The summed E-state index contributed by atoms with van der Waals surface area (Å²) in [6.45, 7) is 6.08. The van der Waals surface area contributed by atoms with Crippen molar-refractivity contribution in [2.24, 2.45) is 0 Å². The van der Waals surface area contributed by atoms with Gasteiger partial charge in [-0.05, 0) is 36.3 Å². The van der Waals surface area contributed by atoms with Crippen molar-refractivity contribution in [3.05, 3.63) is 70.2 Å². The summed E-state index contributed by atoms with van der Waals surface area (Å²) >= 11 is 12.3. The summed E-state index contributed by atoms with van der Waals surface area (Å²) in [5.74, 6) is -0.0296. The summed E-state index contributed by atoms with van der Waals surface area (Å²) in [6, 6.07) is 12.8. The molecule has 25 heavy (non-hydrogen) atoms. The maximum atomic E-state index is 11.9. The third kappa shape index (κ3) is 6.54. The van der Waals surface area contributed by atoms with Crippen LogP contribution >= 0.6 is 23.2 Å². The van der Waals surface area contributed by atoms with Crippen LogP contribution in [0.4, 0.5) is 5.69 Å². The number of rotatable bonds is 5. The summed E-state index contributed by atoms with van der Waals surface area (Å²) < 4.78 is 4.25. The van der Waals surface area contributed by atoms with Gasteiger partial charge in [-0.3, -0.25) is 4.79 Å². The van der Waals surface area contributed by atoms with Crippen molar-refractivity contribution in [1.29, 1.82) is 0 Å². The van der Waals surface area contributed by atoms with E-state index in [2.05, 4.69) is 16.6 Å². The second-order valence-electron chi connectivity index (χ2n) is 5.35. The fourth-order valence-electron chi connectivity index (χ4n) is 2.17. The van der Waals surface area contributed by atoms with Gasteiger partial charge in [-0.2, -0.15) is 0 Å². The van der Waals surface area contributed by atoms with Crippen molar-refractivity contribution in [2.75, 3.05) is 19.5 Å². The normalized spacial score (nSPS) is 9.80. The van der Waals surface area contributed by atoms with Crippen LogP contribution in [-0.4, -0.2) is 20.1 Å². The fraction of sp³-hybridized carbons (Fsp3) is 0.250. The molecule has 0 unspecified atom stereocenters. The van der Waals surface area contributed by atoms with Gasteiger partial charge in [0.1, 0.15) is 0 Å². The van der Waals surface area contributed by atoms with E-state index in [9.17, 15) is 4.79 Å². The molecular weight excluding hydrogens is 357 g/mol. The highest BCUT2D eigenvalue weighted by Crippen LogP contribution is 2.33. The minimum Gasteiger partial charge on any atom is -0.388 e. The van der Waals surface area contributed by atoms with Gasteiger partial charge in [0, 0.05) is 47.5 Å². The second-order valence-corrected chi connectivity index (χ2v) is 6.20. The molecule has 1 N–H and O–H groups in total. The summed E-state index contributed by atoms with van der Waals surface area (Å²) in [5.41, 5.74) is 3.00. The summed E-state index contributed by atoms with van der Waals surface area (Å²) in [4.78, 5) is 11.9. The Morgan fingerprint density at radius 2 is 1.76 bits per heavy atom. The Bertz CT molecular complexity index is 729. The molecule has 0 saturated heterocycles. The number of hydrogen-bond acceptors (Lipinski definition) is 2. The zero-order valence-corrected chi connectivity index (χ0v) is 16.2. The molecule has 0 saturated carbocycles. The van der Waals surface area contributed by atoms with Gasteiger partial charge in [0.05, 0.1) is 0 Å². The number of hydrogen-bond donors (Lipinski definition) is 1. The molecule has 134 valence electrons. The van der Waals surface area contributed by atoms with E-state index in [0.717, 1.165) is 23.1 Å². The van der Waals surface area contributed by atoms with E-state index in [-0.39, 0.29) is 5.91 Å². The minimum absolute atomic E-state index is 0.0296. The van der Waals surface area contributed by atoms with E-state index < -0.39 is 0 Å². The number of ether oxygens (including phenoxy) is 1. The second kappa shape index (κ2) is 10.9. The number of halogens is 2. The van der Waals surface area contributed by atoms with Gasteiger partial charge in [-0.1, -0.05) is 54.9 Å². The van der Waals surface area contributed by atoms with Gasteiger partial charge in [-0.25, -0.2) is 0 Å². The van der Waals surface area contributed by atoms with Gasteiger partial charge in [0.2, 0.25) is 5.91 Å². The van der Waals surface area contributed by atoms with Crippen molar-refractivity contribution in [1.82, 2.24) is 0 Å². The zero-order valence-electron chi connectivity index (χ0n) is 14.7. The van der Waals surface area contributed by atoms with Crippen LogP contribution in [0.5, 0.6) is 0 Å². The average Bonchev–Trinajstić information content (AvgIpc) is 2.57. The maximum Gasteiger partial charge on any atom is 0.224 e. The standard InChI is InChI=1S/C18H17Cl2NO.C2H6O/c1-3-6-18(22)21-17-10-9-13(19)11-15(17)12(2)14-7-4-5-8-16(14)20;1-3-2/h4-5,7-11H,2-3,6H2,1H3,(H,21,22);1-2H3. The molecule has 5 heteroatoms. The van der Waals surface area contributed by atoms with E-state index in [1.165, 1.54) is 0 Å². The average molecular weight is 380 g/mol. The highest BCUT2D eigenvalue weighted by Gasteiger charge is 2.13. The van der Waals surface area contributed by atoms with E-state index in [1.54, 1.807) is 32.4 Å². The van der Waals surface area contributed by atoms with E-state index >= 15 is 0 Å². The first-order chi connectivity index (χ1) is 11.9. The third-order valence-electron chi connectivity index (χ3n) is 3.26. The molecule has 0 aromatic heterocycles. The van der Waals surface area contributed by atoms with Crippen LogP contribution in [0.2, 0.25) is 10.0 Å². The summed E-state index contributed by atoms with van der Waals surface area (Å²) in [6.07, 6.45) is 1.26. The van der Waals surface area contributed by atoms with Crippen LogP contribution in [0.1, 0.15) is 30.9 Å². The molecule has 3 nitrogen and oxygen atoms in total. The van der Waals surface area contributed by atoms with Crippen molar-refractivity contribution >= 4 is 40.4 Å². The summed E-state index contributed by atoms with van der Waals surface area (Å²) in [5, 5.41) is 4.10. The van der Waals surface area contributed by atoms with Gasteiger partial charge in [0.25, 0.3) is 0 Å². The Balaban J connectivity index is 0.000000970. The quantitative estimate of drug-likeness (QED) is 0.685. The number of benzene rings is 2. The molecule has 0 radical (unpaired) electrons. The van der Waals surface area contributed by atoms with Gasteiger partial charge in [0.15, 0.2) is 0 Å². The number of carbonyl (C=O) groups is 1. The molecule has 1 amide bonds. The Kier molecular flexibility index (Phi) is 9.28. The highest BCUT2D eigenvalue weighted by molar-refractivity contribution is 6.33. The number of carbonyl (C=O) groups excluding carboxylic acids is 1. The molecule has 0 spiro atoms. The number of anilines is 1. The van der Waals surface area contributed by atoms with Crippen LogP contribution in [0.3, 0.4) is 0 Å². The molecule has 0 aliphatic rings. The predicted molar refractivity (Wildman–Crippen MR) is 108 cm³/mol. The molecule has 0 aliphatic carbocycles. The summed E-state index contributed by atoms with van der Waals surface area (Å²) in [7, 11) is 3.25. The smallest absolute Gasteiger partial charge is 0.224 e. The van der Waals surface area contributed by atoms with Gasteiger partial charge < -0.3 is 10.1 Å². The molecule has 0 aliphatic heterocycles. The Morgan fingerprint density at radius 1 is 1.12 bits per heavy atom. The topological polar surface area (TPSA) is 38.3 Å². The lowest BCUT2D eigenvalue weighted by molar-refractivity contribution is -0.116. The maximum absolute atomic E-state index is 11.9. The first-order valence-corrected chi connectivity index (χ1v) is 8.63. The van der Waals surface area contributed by atoms with Crippen LogP contribution < -0.4 is 5.32 Å². The Hall–Kier alpha value is -1.81. The molecule has 0 atom stereocenters. The number of amides is 1. The van der Waals surface area contributed by atoms with Crippen molar-refractivity contribution in [2.45, 2.75) is 19.8 Å². The van der Waals surface area contributed by atoms with E-state index in [0.29, 0.717) is 22.2 Å². The molecule has 0 fully saturated rings. The van der Waals surface area contributed by atoms with Crippen molar-refractivity contribution in [3.63, 3.8) is 0 Å². The van der Waals surface area contributed by atoms with Crippen LogP contribution in [0, 0.1) is 0 Å². The Morgan fingerprint density at radius 3 is 2.36 bits per heavy atom. The Labute approximate surface area is 159 Å². The third-order valence-corrected chi connectivity index (χ3v) is 3.82. The van der Waals surface area contributed by atoms with Gasteiger partial charge in [-0.15, -0.1) is 0 Å². The zero-order chi connectivity index (χ0) is 18.8. The molecule has 0 heterocycles. The lowest BCUT2D eigenvalue weighted by Crippen LogP contribution is -2.12. The van der Waals surface area contributed by atoms with E-state index in [4.69, 9.17) is 23.2 Å². The van der Waals surface area contributed by atoms with E-state index in [1.807, 2.05) is 31.2 Å². The SMILES string of the molecule is C=C(c1ccccc1Cl)c1cc(Cl)ccc1NC(=O)CCC.COC. The van der Waals surface area contributed by atoms with Crippen molar-refractivity contribution in [3.8, 4) is 0 Å². The number of nitrogens with one attached hydrogen (secondary N) is 1. The monoisotopic (exact) mass is 379 g/mol. The van der Waals surface area contributed by atoms with Crippen LogP contribution in [-0.2, 0) is 9.53 Å².